The maximum absolute atomic E-state index is 11.8. The minimum Gasteiger partial charge on any atom is -0.431 e. The fourth-order valence-electron chi connectivity index (χ4n) is 3.20. The van der Waals surface area contributed by atoms with Crippen molar-refractivity contribution in [2.75, 3.05) is 0 Å². The van der Waals surface area contributed by atoms with Crippen molar-refractivity contribution in [1.29, 1.82) is 0 Å². The Morgan fingerprint density at radius 1 is 1.00 bits per heavy atom. The molecule has 5 heteroatoms. The first-order chi connectivity index (χ1) is 13.0. The lowest BCUT2D eigenvalue weighted by Crippen LogP contribution is -2.12. The molecule has 3 aromatic carbocycles. The van der Waals surface area contributed by atoms with Crippen LogP contribution in [0.5, 0.6) is 0 Å². The molecule has 0 atom stereocenters. The second-order valence-electron chi connectivity index (χ2n) is 6.40. The highest BCUT2D eigenvalue weighted by atomic mass is 32.2. The summed E-state index contributed by atoms with van der Waals surface area (Å²) in [7, 11) is 0. The van der Waals surface area contributed by atoms with Gasteiger partial charge < -0.3 is 10.2 Å². The number of primary amides is 1. The molecule has 0 aliphatic rings. The van der Waals surface area contributed by atoms with E-state index in [0.717, 1.165) is 38.2 Å². The van der Waals surface area contributed by atoms with Gasteiger partial charge in [0.05, 0.1) is 0 Å². The minimum atomic E-state index is -0.425. The molecule has 1 aromatic heterocycles. The first-order valence-corrected chi connectivity index (χ1v) is 9.38. The summed E-state index contributed by atoms with van der Waals surface area (Å²) in [6.45, 7) is 4.10. The molecule has 0 fully saturated rings. The van der Waals surface area contributed by atoms with Crippen molar-refractivity contribution < 1.29 is 9.21 Å². The zero-order chi connectivity index (χ0) is 19.0. The summed E-state index contributed by atoms with van der Waals surface area (Å²) >= 11 is 1.51. The first-order valence-electron chi connectivity index (χ1n) is 8.57. The van der Waals surface area contributed by atoms with Gasteiger partial charge >= 0.3 is 0 Å². The number of nitrogens with two attached hydrogens (primary N) is 1. The van der Waals surface area contributed by atoms with E-state index in [2.05, 4.69) is 17.1 Å². The van der Waals surface area contributed by atoms with E-state index in [0.29, 0.717) is 10.8 Å². The molecule has 1 amide bonds. The summed E-state index contributed by atoms with van der Waals surface area (Å²) in [5.74, 6) is -0.425. The van der Waals surface area contributed by atoms with Crippen LogP contribution < -0.4 is 5.73 Å². The number of carbonyl (C=O) groups excluding carboxylic acids is 1. The monoisotopic (exact) mass is 374 g/mol. The fourth-order valence-corrected chi connectivity index (χ4v) is 4.09. The van der Waals surface area contributed by atoms with Crippen LogP contribution in [0.2, 0.25) is 0 Å². The largest absolute Gasteiger partial charge is 0.431 e. The Kier molecular flexibility index (Phi) is 4.46. The van der Waals surface area contributed by atoms with E-state index in [1.165, 1.54) is 11.8 Å². The van der Waals surface area contributed by atoms with Crippen LogP contribution in [0.1, 0.15) is 21.5 Å². The van der Waals surface area contributed by atoms with Crippen LogP contribution in [-0.4, -0.2) is 10.9 Å². The van der Waals surface area contributed by atoms with Crippen LogP contribution in [0, 0.1) is 13.8 Å². The number of carbonyl (C=O) groups is 1. The van der Waals surface area contributed by atoms with Gasteiger partial charge in [0, 0.05) is 10.5 Å². The second-order valence-corrected chi connectivity index (χ2v) is 7.36. The maximum atomic E-state index is 11.8. The topological polar surface area (TPSA) is 69.1 Å². The third-order valence-electron chi connectivity index (χ3n) is 4.43. The van der Waals surface area contributed by atoms with E-state index in [1.54, 1.807) is 6.07 Å². The number of fused-ring (bicyclic) bond motifs is 1. The first kappa shape index (κ1) is 17.4. The summed E-state index contributed by atoms with van der Waals surface area (Å²) in [4.78, 5) is 17.4. The normalized spacial score (nSPS) is 11.0. The van der Waals surface area contributed by atoms with Gasteiger partial charge in [0.15, 0.2) is 5.58 Å². The SMILES string of the molecule is Cc1cc(-c2ccccc2C(N)=O)cc(C)c1Sc1nc2ccccc2o1. The number of amides is 1. The van der Waals surface area contributed by atoms with Crippen LogP contribution in [0.25, 0.3) is 22.2 Å². The molecule has 4 aromatic rings. The van der Waals surface area contributed by atoms with Crippen molar-refractivity contribution in [3.63, 3.8) is 0 Å². The molecule has 0 aliphatic carbocycles. The lowest BCUT2D eigenvalue weighted by molar-refractivity contribution is 0.100. The van der Waals surface area contributed by atoms with Gasteiger partial charge in [-0.15, -0.1) is 0 Å². The number of hydrogen-bond acceptors (Lipinski definition) is 4. The molecule has 27 heavy (non-hydrogen) atoms. The number of nitrogens with zero attached hydrogens (tertiary/aromatic N) is 1. The molecule has 0 unspecified atom stereocenters. The van der Waals surface area contributed by atoms with Crippen LogP contribution in [0.4, 0.5) is 0 Å². The van der Waals surface area contributed by atoms with Gasteiger partial charge in [-0.1, -0.05) is 42.5 Å². The van der Waals surface area contributed by atoms with Crippen molar-refractivity contribution in [2.24, 2.45) is 5.73 Å². The molecule has 0 spiro atoms. The zero-order valence-electron chi connectivity index (χ0n) is 15.0. The Bertz CT molecular complexity index is 1110. The molecule has 4 nitrogen and oxygen atoms in total. The average molecular weight is 374 g/mol. The molecule has 0 saturated heterocycles. The van der Waals surface area contributed by atoms with Crippen LogP contribution >= 0.6 is 11.8 Å². The summed E-state index contributed by atoms with van der Waals surface area (Å²) in [5.41, 5.74) is 11.7. The number of para-hydroxylation sites is 2. The molecule has 0 saturated carbocycles. The van der Waals surface area contributed by atoms with Gasteiger partial charge in [-0.05, 0) is 66.1 Å². The molecule has 1 heterocycles. The Labute approximate surface area is 161 Å². The van der Waals surface area contributed by atoms with Gasteiger partial charge in [-0.2, -0.15) is 0 Å². The van der Waals surface area contributed by atoms with Gasteiger partial charge in [-0.25, -0.2) is 4.98 Å². The van der Waals surface area contributed by atoms with Crippen LogP contribution in [0.3, 0.4) is 0 Å². The van der Waals surface area contributed by atoms with Crippen LogP contribution in [-0.2, 0) is 0 Å². The molecular weight excluding hydrogens is 356 g/mol. The van der Waals surface area contributed by atoms with E-state index in [-0.39, 0.29) is 0 Å². The number of rotatable bonds is 4. The molecule has 2 N–H and O–H groups in total. The predicted molar refractivity (Wildman–Crippen MR) is 108 cm³/mol. The fraction of sp³-hybridized carbons (Fsp3) is 0.0909. The quantitative estimate of drug-likeness (QED) is 0.522. The maximum Gasteiger partial charge on any atom is 0.261 e. The Balaban J connectivity index is 1.73. The van der Waals surface area contributed by atoms with Gasteiger partial charge in [0.25, 0.3) is 5.22 Å². The number of oxazole rings is 1. The number of hydrogen-bond donors (Lipinski definition) is 1. The van der Waals surface area contributed by atoms with E-state index >= 15 is 0 Å². The zero-order valence-corrected chi connectivity index (χ0v) is 15.8. The van der Waals surface area contributed by atoms with E-state index in [1.807, 2.05) is 56.3 Å². The van der Waals surface area contributed by atoms with E-state index in [9.17, 15) is 4.79 Å². The summed E-state index contributed by atoms with van der Waals surface area (Å²) in [6, 6.07) is 19.3. The minimum absolute atomic E-state index is 0.425. The average Bonchev–Trinajstić information content (AvgIpc) is 3.07. The van der Waals surface area contributed by atoms with E-state index in [4.69, 9.17) is 10.2 Å². The van der Waals surface area contributed by atoms with Gasteiger partial charge in [-0.3, -0.25) is 4.79 Å². The lowest BCUT2D eigenvalue weighted by atomic mass is 9.96. The van der Waals surface area contributed by atoms with Crippen molar-refractivity contribution in [1.82, 2.24) is 4.98 Å². The lowest BCUT2D eigenvalue weighted by Gasteiger charge is -2.13. The molecular formula is C22H18N2O2S. The highest BCUT2D eigenvalue weighted by Gasteiger charge is 2.15. The number of aromatic nitrogens is 1. The van der Waals surface area contributed by atoms with Crippen molar-refractivity contribution in [2.45, 2.75) is 24.0 Å². The Morgan fingerprint density at radius 3 is 2.37 bits per heavy atom. The van der Waals surface area contributed by atoms with Crippen molar-refractivity contribution in [3.05, 3.63) is 77.4 Å². The molecule has 0 aliphatic heterocycles. The molecule has 0 bridgehead atoms. The second kappa shape index (κ2) is 6.93. The standard InChI is InChI=1S/C22H18N2O2S/c1-13-11-15(16-7-3-4-8-17(16)21(23)25)12-14(2)20(13)27-22-24-18-9-5-6-10-19(18)26-22/h3-12H,1-2H3,(H2,23,25). The highest BCUT2D eigenvalue weighted by molar-refractivity contribution is 7.99. The van der Waals surface area contributed by atoms with E-state index < -0.39 is 5.91 Å². The predicted octanol–water partition coefficient (Wildman–Crippen LogP) is 5.36. The summed E-state index contributed by atoms with van der Waals surface area (Å²) in [6.07, 6.45) is 0. The number of aryl methyl sites for hydroxylation is 2. The molecule has 0 radical (unpaired) electrons. The van der Waals surface area contributed by atoms with Crippen molar-refractivity contribution >= 4 is 28.8 Å². The van der Waals surface area contributed by atoms with Crippen molar-refractivity contribution in [3.8, 4) is 11.1 Å². The third-order valence-corrected chi connectivity index (χ3v) is 5.62. The van der Waals surface area contributed by atoms with Gasteiger partial charge in [0.2, 0.25) is 5.91 Å². The number of benzene rings is 3. The summed E-state index contributed by atoms with van der Waals surface area (Å²) in [5, 5.41) is 0.618. The van der Waals surface area contributed by atoms with Gasteiger partial charge in [0.1, 0.15) is 5.52 Å². The van der Waals surface area contributed by atoms with Crippen LogP contribution in [0.15, 0.2) is 75.2 Å². The smallest absolute Gasteiger partial charge is 0.261 e. The Hall–Kier alpha value is -3.05. The third kappa shape index (κ3) is 3.34. The Morgan fingerprint density at radius 2 is 1.67 bits per heavy atom. The summed E-state index contributed by atoms with van der Waals surface area (Å²) < 4.78 is 5.84. The molecule has 4 rings (SSSR count). The molecule has 134 valence electrons. The highest BCUT2D eigenvalue weighted by Crippen LogP contribution is 2.37.